The number of aryl methyl sites for hydroxylation is 1. The van der Waals surface area contributed by atoms with Crippen LogP contribution in [-0.4, -0.2) is 5.11 Å². The second-order valence-electron chi connectivity index (χ2n) is 5.05. The first-order chi connectivity index (χ1) is 8.16. The molecule has 94 valence electrons. The maximum atomic E-state index is 11.6. The van der Waals surface area contributed by atoms with Gasteiger partial charge >= 0.3 is 5.63 Å². The molecule has 0 atom stereocenters. The zero-order chi connectivity index (χ0) is 12.3. The van der Waals surface area contributed by atoms with Gasteiger partial charge < -0.3 is 9.52 Å². The molecule has 1 aliphatic carbocycles. The highest BCUT2D eigenvalue weighted by molar-refractivity contribution is 5.29. The molecule has 0 aromatic carbocycles. The fraction of sp³-hybridized carbons (Fsp3) is 0.643. The third-order valence-electron chi connectivity index (χ3n) is 3.68. The van der Waals surface area contributed by atoms with Gasteiger partial charge in [-0.2, -0.15) is 0 Å². The van der Waals surface area contributed by atoms with E-state index >= 15 is 0 Å². The zero-order valence-corrected chi connectivity index (χ0v) is 10.4. The Morgan fingerprint density at radius 2 is 2.06 bits per heavy atom. The topological polar surface area (TPSA) is 50.4 Å². The highest BCUT2D eigenvalue weighted by Crippen LogP contribution is 2.28. The third-order valence-corrected chi connectivity index (χ3v) is 3.68. The van der Waals surface area contributed by atoms with Crippen molar-refractivity contribution < 1.29 is 9.52 Å². The minimum Gasteiger partial charge on any atom is -0.507 e. The van der Waals surface area contributed by atoms with Crippen molar-refractivity contribution in [1.82, 2.24) is 0 Å². The highest BCUT2D eigenvalue weighted by Gasteiger charge is 2.16. The number of hydrogen-bond acceptors (Lipinski definition) is 3. The first kappa shape index (κ1) is 12.2. The Kier molecular flexibility index (Phi) is 3.87. The quantitative estimate of drug-likeness (QED) is 0.877. The van der Waals surface area contributed by atoms with Gasteiger partial charge in [0.15, 0.2) is 0 Å². The number of hydrogen-bond donors (Lipinski definition) is 1. The minimum atomic E-state index is -0.377. The van der Waals surface area contributed by atoms with Crippen molar-refractivity contribution in [2.24, 2.45) is 5.92 Å². The standard InChI is InChI=1S/C14H20O3/c1-10-9-13(15)12(14(16)17-10)8-7-11-5-3-2-4-6-11/h9,11,15H,2-8H2,1H3. The van der Waals surface area contributed by atoms with E-state index in [1.165, 1.54) is 38.2 Å². The van der Waals surface area contributed by atoms with Gasteiger partial charge in [-0.15, -0.1) is 0 Å². The van der Waals surface area contributed by atoms with Gasteiger partial charge in [0.05, 0.1) is 5.56 Å². The molecule has 0 saturated heterocycles. The lowest BCUT2D eigenvalue weighted by molar-refractivity contribution is 0.334. The first-order valence-corrected chi connectivity index (χ1v) is 6.49. The largest absolute Gasteiger partial charge is 0.507 e. The molecule has 3 heteroatoms. The summed E-state index contributed by atoms with van der Waals surface area (Å²) < 4.78 is 5.01. The lowest BCUT2D eigenvalue weighted by Gasteiger charge is -2.21. The van der Waals surface area contributed by atoms with E-state index in [1.807, 2.05) is 0 Å². The average Bonchev–Trinajstić information content (AvgIpc) is 2.29. The maximum Gasteiger partial charge on any atom is 0.342 e. The Bertz CT molecular complexity index is 428. The molecular weight excluding hydrogens is 216 g/mol. The van der Waals surface area contributed by atoms with Gasteiger partial charge in [-0.1, -0.05) is 32.1 Å². The molecule has 0 amide bonds. The van der Waals surface area contributed by atoms with E-state index in [1.54, 1.807) is 6.92 Å². The van der Waals surface area contributed by atoms with Crippen LogP contribution in [0.25, 0.3) is 0 Å². The van der Waals surface area contributed by atoms with Crippen molar-refractivity contribution in [2.75, 3.05) is 0 Å². The van der Waals surface area contributed by atoms with Gasteiger partial charge in [0.25, 0.3) is 0 Å². The average molecular weight is 236 g/mol. The van der Waals surface area contributed by atoms with Crippen LogP contribution in [0.2, 0.25) is 0 Å². The van der Waals surface area contributed by atoms with E-state index in [2.05, 4.69) is 0 Å². The number of aromatic hydroxyl groups is 1. The Morgan fingerprint density at radius 3 is 2.71 bits per heavy atom. The summed E-state index contributed by atoms with van der Waals surface area (Å²) in [7, 11) is 0. The first-order valence-electron chi connectivity index (χ1n) is 6.49. The number of rotatable bonds is 3. The van der Waals surface area contributed by atoms with Gasteiger partial charge in [0.2, 0.25) is 0 Å². The normalized spacial score (nSPS) is 17.2. The molecule has 1 saturated carbocycles. The second kappa shape index (κ2) is 5.39. The molecule has 1 aliphatic rings. The fourth-order valence-corrected chi connectivity index (χ4v) is 2.68. The Hall–Kier alpha value is -1.25. The second-order valence-corrected chi connectivity index (χ2v) is 5.05. The van der Waals surface area contributed by atoms with Gasteiger partial charge in [-0.05, 0) is 25.7 Å². The molecule has 0 radical (unpaired) electrons. The maximum absolute atomic E-state index is 11.6. The van der Waals surface area contributed by atoms with E-state index in [9.17, 15) is 9.90 Å². The highest BCUT2D eigenvalue weighted by atomic mass is 16.4. The Labute approximate surface area is 101 Å². The minimum absolute atomic E-state index is 0.0922. The van der Waals surface area contributed by atoms with Crippen molar-refractivity contribution in [3.8, 4) is 5.75 Å². The molecule has 1 aromatic rings. The summed E-state index contributed by atoms with van der Waals surface area (Å²) in [6.45, 7) is 1.67. The van der Waals surface area contributed by atoms with Crippen molar-refractivity contribution in [3.63, 3.8) is 0 Å². The van der Waals surface area contributed by atoms with E-state index in [0.29, 0.717) is 23.7 Å². The predicted molar refractivity (Wildman–Crippen MR) is 66.3 cm³/mol. The molecule has 0 unspecified atom stereocenters. The van der Waals surface area contributed by atoms with Crippen LogP contribution in [0.1, 0.15) is 49.8 Å². The van der Waals surface area contributed by atoms with Crippen LogP contribution in [0, 0.1) is 12.8 Å². The predicted octanol–water partition coefficient (Wildman–Crippen LogP) is 3.17. The molecule has 1 aromatic heterocycles. The van der Waals surface area contributed by atoms with Gasteiger partial charge in [0.1, 0.15) is 11.5 Å². The summed E-state index contributed by atoms with van der Waals surface area (Å²) >= 11 is 0. The summed E-state index contributed by atoms with van der Waals surface area (Å²) in [6.07, 6.45) is 8.10. The summed E-state index contributed by atoms with van der Waals surface area (Å²) in [5.41, 5.74) is 0.0690. The van der Waals surface area contributed by atoms with E-state index < -0.39 is 0 Å². The van der Waals surface area contributed by atoms with E-state index in [0.717, 1.165) is 6.42 Å². The lowest BCUT2D eigenvalue weighted by Crippen LogP contribution is -2.12. The Morgan fingerprint density at radius 1 is 1.35 bits per heavy atom. The summed E-state index contributed by atoms with van der Waals surface area (Å²) in [5, 5.41) is 9.74. The monoisotopic (exact) mass is 236 g/mol. The molecule has 1 heterocycles. The molecule has 1 fully saturated rings. The van der Waals surface area contributed by atoms with Crippen LogP contribution >= 0.6 is 0 Å². The van der Waals surface area contributed by atoms with Gasteiger partial charge in [-0.25, -0.2) is 4.79 Å². The van der Waals surface area contributed by atoms with Gasteiger partial charge in [0, 0.05) is 6.07 Å². The SMILES string of the molecule is Cc1cc(O)c(CCC2CCCCC2)c(=O)o1. The van der Waals surface area contributed by atoms with Crippen molar-refractivity contribution in [3.05, 3.63) is 27.8 Å². The Balaban J connectivity index is 2.01. The fourth-order valence-electron chi connectivity index (χ4n) is 2.68. The molecule has 0 bridgehead atoms. The van der Waals surface area contributed by atoms with Crippen molar-refractivity contribution >= 4 is 0 Å². The molecule has 3 nitrogen and oxygen atoms in total. The smallest absolute Gasteiger partial charge is 0.342 e. The molecule has 2 rings (SSSR count). The van der Waals surface area contributed by atoms with Crippen molar-refractivity contribution in [2.45, 2.75) is 51.9 Å². The molecule has 0 spiro atoms. The summed E-state index contributed by atoms with van der Waals surface area (Å²) in [6, 6.07) is 1.53. The van der Waals surface area contributed by atoms with Crippen molar-refractivity contribution in [1.29, 1.82) is 0 Å². The molecule has 1 N–H and O–H groups in total. The lowest BCUT2D eigenvalue weighted by atomic mass is 9.85. The summed E-state index contributed by atoms with van der Waals surface area (Å²) in [5.74, 6) is 1.27. The van der Waals surface area contributed by atoms with E-state index in [-0.39, 0.29) is 11.4 Å². The van der Waals surface area contributed by atoms with Crippen LogP contribution in [0.3, 0.4) is 0 Å². The van der Waals surface area contributed by atoms with Crippen LogP contribution < -0.4 is 5.63 Å². The molecule has 0 aliphatic heterocycles. The molecule has 17 heavy (non-hydrogen) atoms. The van der Waals surface area contributed by atoms with Crippen LogP contribution in [0.5, 0.6) is 5.75 Å². The third kappa shape index (κ3) is 3.11. The zero-order valence-electron chi connectivity index (χ0n) is 10.4. The summed E-state index contributed by atoms with van der Waals surface area (Å²) in [4.78, 5) is 11.6. The van der Waals surface area contributed by atoms with E-state index in [4.69, 9.17) is 4.42 Å². The van der Waals surface area contributed by atoms with Gasteiger partial charge in [-0.3, -0.25) is 0 Å². The van der Waals surface area contributed by atoms with Crippen LogP contribution in [0.15, 0.2) is 15.3 Å². The molecular formula is C14H20O3. The van der Waals surface area contributed by atoms with Crippen LogP contribution in [-0.2, 0) is 6.42 Å². The van der Waals surface area contributed by atoms with Crippen LogP contribution in [0.4, 0.5) is 0 Å².